The fourth-order valence-electron chi connectivity index (χ4n) is 1.82. The van der Waals surface area contributed by atoms with Gasteiger partial charge in [0.2, 0.25) is 5.16 Å². The molecular weight excluding hydrogens is 371 g/mol. The van der Waals surface area contributed by atoms with E-state index in [1.807, 2.05) is 36.6 Å². The van der Waals surface area contributed by atoms with E-state index in [2.05, 4.69) is 15.3 Å². The van der Waals surface area contributed by atoms with Crippen LogP contribution in [0.25, 0.3) is 0 Å². The highest BCUT2D eigenvalue weighted by Crippen LogP contribution is 2.28. The molecule has 2 heterocycles. The molecule has 0 aliphatic carbocycles. The first-order valence-corrected chi connectivity index (χ1v) is 9.32. The van der Waals surface area contributed by atoms with Crippen LogP contribution in [0.3, 0.4) is 0 Å². The van der Waals surface area contributed by atoms with Crippen molar-refractivity contribution >= 4 is 52.5 Å². The number of hydrogen-bond donors (Lipinski definition) is 0. The number of halogens is 2. The molecule has 0 N–H and O–H groups in total. The maximum Gasteiger partial charge on any atom is 0.212 e. The minimum atomic E-state index is 0.628. The highest BCUT2D eigenvalue weighted by atomic mass is 35.5. The van der Waals surface area contributed by atoms with Crippen LogP contribution >= 0.6 is 46.3 Å². The van der Waals surface area contributed by atoms with Gasteiger partial charge in [0.1, 0.15) is 0 Å². The number of nitrogens with zero attached hydrogens (tertiary/aromatic N) is 4. The summed E-state index contributed by atoms with van der Waals surface area (Å²) in [4.78, 5) is 1.08. The second kappa shape index (κ2) is 7.49. The number of aromatic nitrogens is 3. The van der Waals surface area contributed by atoms with Gasteiger partial charge in [-0.1, -0.05) is 47.1 Å². The number of thioether (sulfide) groups is 1. The van der Waals surface area contributed by atoms with Crippen LogP contribution in [0.4, 0.5) is 0 Å². The van der Waals surface area contributed by atoms with E-state index in [0.717, 1.165) is 21.4 Å². The first-order valence-electron chi connectivity index (χ1n) is 6.70. The van der Waals surface area contributed by atoms with Crippen molar-refractivity contribution in [1.82, 2.24) is 14.9 Å². The third-order valence-corrected chi connectivity index (χ3v) is 5.35. The second-order valence-electron chi connectivity index (χ2n) is 4.63. The maximum absolute atomic E-state index is 6.20. The molecule has 0 saturated carbocycles. The summed E-state index contributed by atoms with van der Waals surface area (Å²) < 4.78 is 1.73. The Morgan fingerprint density at radius 3 is 2.91 bits per heavy atom. The molecule has 0 spiro atoms. The topological polar surface area (TPSA) is 43.1 Å². The quantitative estimate of drug-likeness (QED) is 0.453. The van der Waals surface area contributed by atoms with Crippen molar-refractivity contribution in [1.29, 1.82) is 0 Å². The minimum absolute atomic E-state index is 0.628. The van der Waals surface area contributed by atoms with Gasteiger partial charge in [-0.25, -0.2) is 0 Å². The Morgan fingerprint density at radius 2 is 2.17 bits per heavy atom. The van der Waals surface area contributed by atoms with Crippen molar-refractivity contribution < 1.29 is 0 Å². The summed E-state index contributed by atoms with van der Waals surface area (Å²) in [5.74, 6) is 1.41. The van der Waals surface area contributed by atoms with Crippen LogP contribution in [0.1, 0.15) is 16.3 Å². The molecule has 0 fully saturated rings. The number of benzene rings is 1. The number of hydrogen-bond acceptors (Lipinski definition) is 5. The highest BCUT2D eigenvalue weighted by Gasteiger charge is 2.10. The van der Waals surface area contributed by atoms with Crippen molar-refractivity contribution in [2.45, 2.75) is 17.8 Å². The summed E-state index contributed by atoms with van der Waals surface area (Å²) in [5.41, 5.74) is 0.996. The lowest BCUT2D eigenvalue weighted by atomic mass is 10.2. The molecule has 23 heavy (non-hydrogen) atoms. The molecule has 3 aromatic rings. The molecule has 0 atom stereocenters. The molecular formula is C15H12Cl2N4S2. The SMILES string of the molecule is Cc1nnc(SCc2ccc(Cl)cc2Cl)n1/N=C\c1cccs1. The molecule has 0 radical (unpaired) electrons. The van der Waals surface area contributed by atoms with Gasteiger partial charge in [-0.15, -0.1) is 21.5 Å². The lowest BCUT2D eigenvalue weighted by Crippen LogP contribution is -1.96. The zero-order chi connectivity index (χ0) is 16.2. The Hall–Kier alpha value is -1.34. The van der Waals surface area contributed by atoms with Gasteiger partial charge in [-0.05, 0) is 36.1 Å². The smallest absolute Gasteiger partial charge is 0.192 e. The number of thiophene rings is 1. The molecule has 1 aromatic carbocycles. The van der Waals surface area contributed by atoms with Crippen LogP contribution in [-0.2, 0) is 5.75 Å². The molecule has 0 bridgehead atoms. The molecule has 0 aliphatic rings. The summed E-state index contributed by atoms with van der Waals surface area (Å²) >= 11 is 15.3. The molecule has 3 rings (SSSR count). The maximum atomic E-state index is 6.20. The number of rotatable bonds is 5. The van der Waals surface area contributed by atoms with E-state index in [9.17, 15) is 0 Å². The second-order valence-corrected chi connectivity index (χ2v) is 7.39. The minimum Gasteiger partial charge on any atom is -0.192 e. The predicted octanol–water partition coefficient (Wildman–Crippen LogP) is 5.13. The van der Waals surface area contributed by atoms with Crippen molar-refractivity contribution in [3.8, 4) is 0 Å². The Labute approximate surface area is 152 Å². The van der Waals surface area contributed by atoms with Gasteiger partial charge < -0.3 is 0 Å². The molecule has 0 saturated heterocycles. The molecule has 118 valence electrons. The van der Waals surface area contributed by atoms with Gasteiger partial charge in [0, 0.05) is 20.7 Å². The zero-order valence-corrected chi connectivity index (χ0v) is 15.3. The van der Waals surface area contributed by atoms with Crippen molar-refractivity contribution in [3.05, 3.63) is 62.0 Å². The molecule has 0 amide bonds. The van der Waals surface area contributed by atoms with E-state index in [0.29, 0.717) is 15.8 Å². The third kappa shape index (κ3) is 4.14. The molecule has 0 unspecified atom stereocenters. The van der Waals surface area contributed by atoms with Gasteiger partial charge >= 0.3 is 0 Å². The van der Waals surface area contributed by atoms with Crippen molar-refractivity contribution in [2.75, 3.05) is 0 Å². The standard InChI is InChI=1S/C15H12Cl2N4S2/c1-10-19-20-15(21(10)18-8-13-3-2-6-22-13)23-9-11-4-5-12(16)7-14(11)17/h2-8H,9H2,1H3/b18-8-. The van der Waals surface area contributed by atoms with E-state index in [1.54, 1.807) is 28.3 Å². The first kappa shape index (κ1) is 16.5. The molecule has 0 aliphatic heterocycles. The van der Waals surface area contributed by atoms with Crippen LogP contribution in [0, 0.1) is 6.92 Å². The van der Waals surface area contributed by atoms with E-state index in [1.165, 1.54) is 11.8 Å². The molecule has 8 heteroatoms. The van der Waals surface area contributed by atoms with Crippen LogP contribution < -0.4 is 0 Å². The average molecular weight is 383 g/mol. The largest absolute Gasteiger partial charge is 0.212 e. The lowest BCUT2D eigenvalue weighted by molar-refractivity contribution is 0.744. The first-order chi connectivity index (χ1) is 11.1. The Kier molecular flexibility index (Phi) is 5.38. The summed E-state index contributed by atoms with van der Waals surface area (Å²) in [6.07, 6.45) is 1.81. The predicted molar refractivity (Wildman–Crippen MR) is 98.1 cm³/mol. The average Bonchev–Trinajstić information content (AvgIpc) is 3.14. The third-order valence-electron chi connectivity index (χ3n) is 2.98. The fraction of sp³-hybridized carbons (Fsp3) is 0.133. The van der Waals surface area contributed by atoms with Crippen LogP contribution in [0.15, 0.2) is 46.0 Å². The van der Waals surface area contributed by atoms with Gasteiger partial charge in [-0.2, -0.15) is 9.78 Å². The van der Waals surface area contributed by atoms with Gasteiger partial charge in [0.15, 0.2) is 5.82 Å². The van der Waals surface area contributed by atoms with Gasteiger partial charge in [-0.3, -0.25) is 0 Å². The van der Waals surface area contributed by atoms with E-state index in [4.69, 9.17) is 23.2 Å². The summed E-state index contributed by atoms with van der Waals surface area (Å²) in [5, 5.41) is 16.7. The van der Waals surface area contributed by atoms with Crippen molar-refractivity contribution in [2.24, 2.45) is 5.10 Å². The van der Waals surface area contributed by atoms with E-state index in [-0.39, 0.29) is 0 Å². The summed E-state index contributed by atoms with van der Waals surface area (Å²) in [7, 11) is 0. The Morgan fingerprint density at radius 1 is 1.30 bits per heavy atom. The summed E-state index contributed by atoms with van der Waals surface area (Å²) in [6, 6.07) is 9.48. The van der Waals surface area contributed by atoms with E-state index >= 15 is 0 Å². The summed E-state index contributed by atoms with van der Waals surface area (Å²) in [6.45, 7) is 1.87. The molecule has 2 aromatic heterocycles. The Bertz CT molecular complexity index is 828. The van der Waals surface area contributed by atoms with E-state index < -0.39 is 0 Å². The lowest BCUT2D eigenvalue weighted by Gasteiger charge is -2.04. The fourth-order valence-corrected chi connectivity index (χ4v) is 3.89. The van der Waals surface area contributed by atoms with Crippen LogP contribution in [0.5, 0.6) is 0 Å². The van der Waals surface area contributed by atoms with Crippen LogP contribution in [-0.4, -0.2) is 21.1 Å². The zero-order valence-electron chi connectivity index (χ0n) is 12.1. The van der Waals surface area contributed by atoms with Crippen LogP contribution in [0.2, 0.25) is 10.0 Å². The van der Waals surface area contributed by atoms with Crippen molar-refractivity contribution in [3.63, 3.8) is 0 Å². The Balaban J connectivity index is 1.76. The molecule has 4 nitrogen and oxygen atoms in total. The normalized spacial score (nSPS) is 11.4. The highest BCUT2D eigenvalue weighted by molar-refractivity contribution is 7.98. The number of aryl methyl sites for hydroxylation is 1. The van der Waals surface area contributed by atoms with Gasteiger partial charge in [0.05, 0.1) is 6.21 Å². The van der Waals surface area contributed by atoms with Gasteiger partial charge in [0.25, 0.3) is 0 Å². The monoisotopic (exact) mass is 382 g/mol.